The van der Waals surface area contributed by atoms with Crippen molar-refractivity contribution in [1.82, 2.24) is 0 Å². The topological polar surface area (TPSA) is 100 Å². The molecule has 0 unspecified atom stereocenters. The molecular formula is H8AlMgN3. The van der Waals surface area contributed by atoms with Crippen molar-refractivity contribution in [3.8, 4) is 0 Å². The molecule has 0 spiro atoms. The first kappa shape index (κ1) is 119. The number of hydrogen-bond acceptors (Lipinski definition) is 0. The van der Waals surface area contributed by atoms with Crippen LogP contribution >= 0.6 is 0 Å². The Kier molecular flexibility index (Phi) is 1550. The van der Waals surface area contributed by atoms with Crippen LogP contribution in [0, 0.1) is 0 Å². The Hall–Kier alpha value is 1.18. The first-order valence-corrected chi connectivity index (χ1v) is 0. The molecule has 0 aliphatic heterocycles. The molecule has 0 aliphatic carbocycles. The van der Waals surface area contributed by atoms with Crippen molar-refractivity contribution >= 4 is 40.4 Å². The van der Waals surface area contributed by atoms with Crippen LogP contribution < -0.4 is 0 Å². The maximum absolute atomic E-state index is 0. The Morgan fingerprint density at radius 1 is 0.600 bits per heavy atom. The summed E-state index contributed by atoms with van der Waals surface area (Å²) in [6.45, 7) is 0. The first-order valence-electron chi connectivity index (χ1n) is 0. The van der Waals surface area contributed by atoms with Gasteiger partial charge in [0.2, 0.25) is 0 Å². The molecule has 0 aromatic rings. The number of rotatable bonds is 0. The normalized spacial score (nSPS) is 0. The molecule has 5 heavy (non-hydrogen) atoms. The van der Waals surface area contributed by atoms with Gasteiger partial charge in [0, 0.05) is 0 Å². The van der Waals surface area contributed by atoms with Crippen molar-refractivity contribution in [2.45, 2.75) is 0 Å². The van der Waals surface area contributed by atoms with Crippen LogP contribution in [-0.2, 0) is 0 Å². The van der Waals surface area contributed by atoms with E-state index in [1.165, 1.54) is 0 Å². The molecule has 0 rings (SSSR count). The Bertz CT molecular complexity index is 6.85. The van der Waals surface area contributed by atoms with Crippen LogP contribution in [0.1, 0.15) is 0 Å². The minimum atomic E-state index is 0. The molecule has 0 radical (unpaired) electrons. The van der Waals surface area contributed by atoms with Gasteiger partial charge in [-0.3, -0.25) is 0 Å². The van der Waals surface area contributed by atoms with Gasteiger partial charge in [-0.1, -0.05) is 0 Å². The van der Waals surface area contributed by atoms with Crippen molar-refractivity contribution in [2.24, 2.45) is 0 Å². The van der Waals surface area contributed by atoms with Crippen LogP contribution in [0.4, 0.5) is 0 Å². The van der Waals surface area contributed by atoms with Gasteiger partial charge in [-0.2, -0.15) is 0 Å². The maximum atomic E-state index is 0. The standard InChI is InChI=1S/Al.Mg.3H2N.2H/h;;3*1H2;;/q+3;;3*-1;;. The van der Waals surface area contributed by atoms with E-state index in [1.54, 1.807) is 0 Å². The van der Waals surface area contributed by atoms with Crippen molar-refractivity contribution in [2.75, 3.05) is 0 Å². The van der Waals surface area contributed by atoms with Crippen LogP contribution in [0.3, 0.4) is 0 Å². The minimum absolute atomic E-state index is 0. The van der Waals surface area contributed by atoms with Gasteiger partial charge in [-0.25, -0.2) is 0 Å². The third-order valence-corrected chi connectivity index (χ3v) is 0. The van der Waals surface area contributed by atoms with Crippen molar-refractivity contribution in [3.05, 3.63) is 18.5 Å². The second-order valence-corrected chi connectivity index (χ2v) is 0. The fraction of sp³-hybridized carbons (Fsp3) is 0. The van der Waals surface area contributed by atoms with Crippen LogP contribution in [0.15, 0.2) is 0 Å². The molecule has 28 valence electrons. The van der Waals surface area contributed by atoms with Crippen LogP contribution in [0.25, 0.3) is 18.5 Å². The van der Waals surface area contributed by atoms with E-state index in [9.17, 15) is 0 Å². The number of hydrogen-bond donors (Lipinski definition) is 0. The van der Waals surface area contributed by atoms with Crippen molar-refractivity contribution in [1.29, 1.82) is 0 Å². The monoisotopic (exact) mass is 101 g/mol. The van der Waals surface area contributed by atoms with Gasteiger partial charge in [0.05, 0.1) is 0 Å². The van der Waals surface area contributed by atoms with E-state index in [0.29, 0.717) is 0 Å². The molecule has 0 heterocycles. The fourth-order valence-electron chi connectivity index (χ4n) is 0. The molecule has 3 nitrogen and oxygen atoms in total. The predicted octanol–water partition coefficient (Wildman–Crippen LogP) is 0.854. The zero-order valence-electron chi connectivity index (χ0n) is 2.31. The summed E-state index contributed by atoms with van der Waals surface area (Å²) in [5.41, 5.74) is 0. The third-order valence-electron chi connectivity index (χ3n) is 0. The van der Waals surface area contributed by atoms with Gasteiger partial charge in [0.1, 0.15) is 0 Å². The van der Waals surface area contributed by atoms with Crippen LogP contribution in [0.5, 0.6) is 0 Å². The van der Waals surface area contributed by atoms with Gasteiger partial charge in [0.15, 0.2) is 0 Å². The summed E-state index contributed by atoms with van der Waals surface area (Å²) in [5, 5.41) is 0. The SMILES string of the molecule is [Al+3].[MgH2].[NH2-].[NH2-].[NH2-]. The molecule has 5 heteroatoms. The van der Waals surface area contributed by atoms with Gasteiger partial charge >= 0.3 is 40.4 Å². The molecule has 0 atom stereocenters. The summed E-state index contributed by atoms with van der Waals surface area (Å²) in [6, 6.07) is 0. The molecule has 0 saturated heterocycles. The molecular weight excluding hydrogens is 93.3 g/mol. The Labute approximate surface area is 58.9 Å². The summed E-state index contributed by atoms with van der Waals surface area (Å²) < 4.78 is 0. The van der Waals surface area contributed by atoms with E-state index in [1.807, 2.05) is 0 Å². The summed E-state index contributed by atoms with van der Waals surface area (Å²) in [6.07, 6.45) is 0. The zero-order chi connectivity index (χ0) is 0. The average molecular weight is 101 g/mol. The minimum Gasteiger partial charge on any atom is -0.693 e. The predicted molar refractivity (Wildman–Crippen MR) is 30.2 cm³/mol. The molecule has 0 saturated carbocycles. The average Bonchev–Trinajstić information content (AvgIpc) is 0. The van der Waals surface area contributed by atoms with E-state index >= 15 is 0 Å². The largest absolute Gasteiger partial charge is 3.00 e. The molecule has 6 N–H and O–H groups in total. The van der Waals surface area contributed by atoms with Gasteiger partial charge in [-0.05, 0) is 0 Å². The summed E-state index contributed by atoms with van der Waals surface area (Å²) in [7, 11) is 0. The molecule has 0 aliphatic rings. The molecule has 0 bridgehead atoms. The zero-order valence-corrected chi connectivity index (χ0v) is 3.46. The van der Waals surface area contributed by atoms with E-state index in [4.69, 9.17) is 0 Å². The second kappa shape index (κ2) is 65.1. The second-order valence-electron chi connectivity index (χ2n) is 0. The van der Waals surface area contributed by atoms with Gasteiger partial charge in [0.25, 0.3) is 0 Å². The van der Waals surface area contributed by atoms with Crippen LogP contribution in [-0.4, -0.2) is 40.4 Å². The summed E-state index contributed by atoms with van der Waals surface area (Å²) in [5.74, 6) is 0. The van der Waals surface area contributed by atoms with E-state index in [0.717, 1.165) is 0 Å². The Balaban J connectivity index is 0. The molecule has 0 aromatic carbocycles. The quantitative estimate of drug-likeness (QED) is 0.404. The van der Waals surface area contributed by atoms with E-state index in [-0.39, 0.29) is 58.9 Å². The van der Waals surface area contributed by atoms with Gasteiger partial charge < -0.3 is 18.5 Å². The summed E-state index contributed by atoms with van der Waals surface area (Å²) in [4.78, 5) is 0. The van der Waals surface area contributed by atoms with E-state index < -0.39 is 0 Å². The van der Waals surface area contributed by atoms with Crippen molar-refractivity contribution < 1.29 is 0 Å². The first-order chi connectivity index (χ1) is 0. The van der Waals surface area contributed by atoms with E-state index in [2.05, 4.69) is 0 Å². The number of nitrogens with two attached hydrogens (primary N) is 3. The Morgan fingerprint density at radius 2 is 0.600 bits per heavy atom. The molecule has 0 fully saturated rings. The van der Waals surface area contributed by atoms with Crippen molar-refractivity contribution in [3.63, 3.8) is 0 Å². The Morgan fingerprint density at radius 3 is 0.600 bits per heavy atom. The smallest absolute Gasteiger partial charge is 0.693 e. The molecule has 0 aromatic heterocycles. The third kappa shape index (κ3) is 37.7. The summed E-state index contributed by atoms with van der Waals surface area (Å²) >= 11 is 0. The van der Waals surface area contributed by atoms with Gasteiger partial charge in [-0.15, -0.1) is 0 Å². The van der Waals surface area contributed by atoms with Crippen LogP contribution in [0.2, 0.25) is 0 Å². The molecule has 0 amide bonds. The maximum Gasteiger partial charge on any atom is 3.00 e. The fourth-order valence-corrected chi connectivity index (χ4v) is 0.